The van der Waals surface area contributed by atoms with Gasteiger partial charge in [-0.25, -0.2) is 8.42 Å². The fourth-order valence-electron chi connectivity index (χ4n) is 4.46. The van der Waals surface area contributed by atoms with E-state index in [1.165, 1.54) is 11.8 Å². The van der Waals surface area contributed by atoms with Gasteiger partial charge in [-0.3, -0.25) is 9.36 Å². The number of thioether (sulfide) groups is 1. The molecule has 1 N–H and O–H groups in total. The summed E-state index contributed by atoms with van der Waals surface area (Å²) in [5, 5.41) is 10.8. The van der Waals surface area contributed by atoms with Gasteiger partial charge in [0.15, 0.2) is 20.8 Å². The van der Waals surface area contributed by atoms with Crippen LogP contribution >= 0.6 is 11.8 Å². The lowest BCUT2D eigenvalue weighted by molar-refractivity contribution is -0.130. The van der Waals surface area contributed by atoms with Crippen LogP contribution in [-0.2, 0) is 14.6 Å². The van der Waals surface area contributed by atoms with Crippen molar-refractivity contribution in [3.63, 3.8) is 0 Å². The molecule has 1 aliphatic heterocycles. The van der Waals surface area contributed by atoms with E-state index in [0.29, 0.717) is 19.0 Å². The molecule has 3 aromatic rings. The Balaban J connectivity index is 1.36. The fourth-order valence-corrected chi connectivity index (χ4v) is 7.08. The number of fused-ring (bicyclic) bond motifs is 1. The van der Waals surface area contributed by atoms with E-state index >= 15 is 0 Å². The first kappa shape index (κ1) is 21.5. The molecule has 170 valence electrons. The van der Waals surface area contributed by atoms with Gasteiger partial charge in [0.05, 0.1) is 17.3 Å². The van der Waals surface area contributed by atoms with Crippen molar-refractivity contribution in [1.82, 2.24) is 24.6 Å². The lowest BCUT2D eigenvalue weighted by Crippen LogP contribution is -2.42. The van der Waals surface area contributed by atoms with E-state index in [1.54, 1.807) is 4.90 Å². The minimum atomic E-state index is -3.04. The number of rotatable bonds is 8. The van der Waals surface area contributed by atoms with Crippen LogP contribution in [0.3, 0.4) is 0 Å². The molecule has 2 aromatic heterocycles. The minimum absolute atomic E-state index is 0.0297. The zero-order valence-corrected chi connectivity index (χ0v) is 19.7. The number of carbonyl (C=O) groups excluding carboxylic acids is 1. The Morgan fingerprint density at radius 3 is 2.78 bits per heavy atom. The van der Waals surface area contributed by atoms with Crippen LogP contribution in [-0.4, -0.2) is 68.8 Å². The second-order valence-corrected chi connectivity index (χ2v) is 11.8. The van der Waals surface area contributed by atoms with Crippen molar-refractivity contribution in [3.8, 4) is 11.4 Å². The molecule has 0 radical (unpaired) electrons. The average Bonchev–Trinajstić information content (AvgIpc) is 3.22. The summed E-state index contributed by atoms with van der Waals surface area (Å²) in [5.74, 6) is 1.27. The molecule has 8 nitrogen and oxygen atoms in total. The molecular weight excluding hydrogens is 446 g/mol. The summed E-state index contributed by atoms with van der Waals surface area (Å²) in [5.41, 5.74) is 2.07. The zero-order chi connectivity index (χ0) is 22.3. The number of amides is 1. The summed E-state index contributed by atoms with van der Waals surface area (Å²) in [6.45, 7) is 2.59. The van der Waals surface area contributed by atoms with Crippen LogP contribution in [0.1, 0.15) is 38.6 Å². The van der Waals surface area contributed by atoms with E-state index in [9.17, 15) is 13.2 Å². The molecule has 1 aromatic carbocycles. The predicted molar refractivity (Wildman–Crippen MR) is 125 cm³/mol. The van der Waals surface area contributed by atoms with Crippen LogP contribution in [0.4, 0.5) is 0 Å². The second kappa shape index (κ2) is 8.55. The van der Waals surface area contributed by atoms with Crippen molar-refractivity contribution in [2.24, 2.45) is 0 Å². The van der Waals surface area contributed by atoms with Crippen LogP contribution in [0.25, 0.3) is 22.3 Å². The summed E-state index contributed by atoms with van der Waals surface area (Å²) in [6, 6.07) is 8.27. The first-order valence-corrected chi connectivity index (χ1v) is 13.9. The van der Waals surface area contributed by atoms with Crippen LogP contribution in [0, 0.1) is 0 Å². The molecule has 1 atom stereocenters. The molecule has 2 fully saturated rings. The number of nitrogens with one attached hydrogen (secondary N) is 1. The normalized spacial score (nSPS) is 20.1. The van der Waals surface area contributed by atoms with Gasteiger partial charge in [0, 0.05) is 41.3 Å². The lowest BCUT2D eigenvalue weighted by Gasteiger charge is -2.27. The lowest BCUT2D eigenvalue weighted by atomic mass is 10.1. The molecular formula is C22H27N5O3S2. The zero-order valence-electron chi connectivity index (χ0n) is 18.0. The van der Waals surface area contributed by atoms with E-state index in [1.807, 2.05) is 31.3 Å². The number of carbonyl (C=O) groups is 1. The number of nitrogens with zero attached hydrogens (tertiary/aromatic N) is 4. The first-order valence-electron chi connectivity index (χ1n) is 11.1. The highest BCUT2D eigenvalue weighted by molar-refractivity contribution is 7.99. The van der Waals surface area contributed by atoms with Crippen LogP contribution in [0.5, 0.6) is 0 Å². The van der Waals surface area contributed by atoms with Crippen molar-refractivity contribution in [1.29, 1.82) is 0 Å². The Labute approximate surface area is 191 Å². The Morgan fingerprint density at radius 1 is 1.25 bits per heavy atom. The Hall–Kier alpha value is -2.33. The first-order chi connectivity index (χ1) is 15.5. The van der Waals surface area contributed by atoms with Gasteiger partial charge in [0.1, 0.15) is 0 Å². The topological polar surface area (TPSA) is 101 Å². The fraction of sp³-hybridized carbons (Fsp3) is 0.500. The maximum Gasteiger partial charge on any atom is 0.233 e. The molecule has 3 heterocycles. The Bertz CT molecular complexity index is 1250. The molecule has 32 heavy (non-hydrogen) atoms. The van der Waals surface area contributed by atoms with E-state index in [4.69, 9.17) is 0 Å². The number of aromatic amines is 1. The molecule has 1 amide bonds. The average molecular weight is 474 g/mol. The summed E-state index contributed by atoms with van der Waals surface area (Å²) in [4.78, 5) is 18.1. The smallest absolute Gasteiger partial charge is 0.233 e. The maximum absolute atomic E-state index is 13.1. The molecule has 10 heteroatoms. The van der Waals surface area contributed by atoms with Crippen LogP contribution in [0.15, 0.2) is 35.6 Å². The van der Waals surface area contributed by atoms with Crippen molar-refractivity contribution in [2.45, 2.75) is 49.8 Å². The van der Waals surface area contributed by atoms with Crippen molar-refractivity contribution < 1.29 is 13.2 Å². The van der Waals surface area contributed by atoms with Crippen molar-refractivity contribution in [2.75, 3.05) is 23.8 Å². The van der Waals surface area contributed by atoms with Gasteiger partial charge < -0.3 is 9.88 Å². The number of H-pyrrole nitrogens is 1. The SMILES string of the molecule is CCCN(C(=O)CSc1nnc(-c2c[nH]c3ccccc23)n1C1CC1)[C@@H]1CCS(=O)(=O)C1. The van der Waals surface area contributed by atoms with Gasteiger partial charge in [-0.2, -0.15) is 0 Å². The molecule has 1 saturated heterocycles. The number of para-hydroxylation sites is 1. The standard InChI is InChI=1S/C22H27N5O3S2/c1-2-10-26(16-9-11-32(29,30)14-16)20(28)13-31-22-25-24-21(27(22)15-7-8-15)18-12-23-19-6-4-3-5-17(18)19/h3-6,12,15-16,23H,2,7-11,13-14H2,1H3/t16-/m1/s1. The van der Waals surface area contributed by atoms with Gasteiger partial charge in [-0.1, -0.05) is 36.9 Å². The number of hydrogen-bond acceptors (Lipinski definition) is 6. The molecule has 5 rings (SSSR count). The molecule has 0 bridgehead atoms. The van der Waals surface area contributed by atoms with E-state index in [2.05, 4.69) is 25.8 Å². The monoisotopic (exact) mass is 473 g/mol. The summed E-state index contributed by atoms with van der Waals surface area (Å²) in [6.07, 6.45) is 5.46. The number of aromatic nitrogens is 4. The van der Waals surface area contributed by atoms with Crippen LogP contribution in [0.2, 0.25) is 0 Å². The van der Waals surface area contributed by atoms with Gasteiger partial charge in [0.2, 0.25) is 5.91 Å². The van der Waals surface area contributed by atoms with Gasteiger partial charge in [0.25, 0.3) is 0 Å². The van der Waals surface area contributed by atoms with E-state index < -0.39 is 9.84 Å². The van der Waals surface area contributed by atoms with Crippen molar-refractivity contribution in [3.05, 3.63) is 30.5 Å². The van der Waals surface area contributed by atoms with Gasteiger partial charge in [-0.05, 0) is 31.7 Å². The Morgan fingerprint density at radius 2 is 2.06 bits per heavy atom. The van der Waals surface area contributed by atoms with Crippen LogP contribution < -0.4 is 0 Å². The number of hydrogen-bond donors (Lipinski definition) is 1. The highest BCUT2D eigenvalue weighted by atomic mass is 32.2. The quantitative estimate of drug-likeness (QED) is 0.504. The Kier molecular flexibility index (Phi) is 5.75. The van der Waals surface area contributed by atoms with E-state index in [0.717, 1.165) is 46.7 Å². The molecule has 2 aliphatic rings. The van der Waals surface area contributed by atoms with Gasteiger partial charge >= 0.3 is 0 Å². The second-order valence-electron chi connectivity index (χ2n) is 8.59. The summed E-state index contributed by atoms with van der Waals surface area (Å²) >= 11 is 1.40. The van der Waals surface area contributed by atoms with E-state index in [-0.39, 0.29) is 29.2 Å². The van der Waals surface area contributed by atoms with Gasteiger partial charge in [-0.15, -0.1) is 10.2 Å². The largest absolute Gasteiger partial charge is 0.360 e. The highest BCUT2D eigenvalue weighted by Crippen LogP contribution is 2.42. The summed E-state index contributed by atoms with van der Waals surface area (Å²) < 4.78 is 26.0. The third-order valence-electron chi connectivity index (χ3n) is 6.17. The molecule has 1 saturated carbocycles. The summed E-state index contributed by atoms with van der Waals surface area (Å²) in [7, 11) is -3.04. The maximum atomic E-state index is 13.1. The number of benzene rings is 1. The molecule has 0 spiro atoms. The third kappa shape index (κ3) is 4.17. The third-order valence-corrected chi connectivity index (χ3v) is 8.84. The minimum Gasteiger partial charge on any atom is -0.360 e. The van der Waals surface area contributed by atoms with Crippen molar-refractivity contribution >= 4 is 38.4 Å². The molecule has 0 unspecified atom stereocenters. The number of sulfone groups is 1. The molecule has 1 aliphatic carbocycles. The highest BCUT2D eigenvalue weighted by Gasteiger charge is 2.35. The predicted octanol–water partition coefficient (Wildman–Crippen LogP) is 3.28.